The molecule has 0 radical (unpaired) electrons. The van der Waals surface area contributed by atoms with Gasteiger partial charge in [0.05, 0.1) is 11.4 Å². The molecule has 0 aromatic carbocycles. The van der Waals surface area contributed by atoms with E-state index in [1.54, 1.807) is 0 Å². The molecular weight excluding hydrogens is 224 g/mol. The third-order valence-corrected chi connectivity index (χ3v) is 4.02. The molecule has 3 heteroatoms. The van der Waals surface area contributed by atoms with E-state index in [9.17, 15) is 4.79 Å². The van der Waals surface area contributed by atoms with E-state index in [0.29, 0.717) is 5.70 Å². The van der Waals surface area contributed by atoms with Gasteiger partial charge >= 0.3 is 0 Å². The number of rotatable bonds is 3. The van der Waals surface area contributed by atoms with Crippen LogP contribution >= 0.6 is 0 Å². The Morgan fingerprint density at radius 2 is 2.06 bits per heavy atom. The Morgan fingerprint density at radius 1 is 1.39 bits per heavy atom. The number of allylic oxidation sites excluding steroid dienone is 2. The summed E-state index contributed by atoms with van der Waals surface area (Å²) in [7, 11) is 0. The van der Waals surface area contributed by atoms with E-state index < -0.39 is 0 Å². The number of carbonyl (C=O) groups excluding carboxylic acids is 1. The van der Waals surface area contributed by atoms with Crippen molar-refractivity contribution in [2.24, 2.45) is 10.4 Å². The van der Waals surface area contributed by atoms with Gasteiger partial charge in [-0.25, -0.2) is 4.99 Å². The normalized spacial score (nSPS) is 18.2. The van der Waals surface area contributed by atoms with Crippen LogP contribution in [0.3, 0.4) is 0 Å². The maximum absolute atomic E-state index is 11.0. The highest BCUT2D eigenvalue weighted by Crippen LogP contribution is 2.38. The first-order valence-electron chi connectivity index (χ1n) is 6.36. The van der Waals surface area contributed by atoms with Crippen LogP contribution in [-0.4, -0.2) is 17.0 Å². The van der Waals surface area contributed by atoms with Crippen LogP contribution in [0.5, 0.6) is 0 Å². The van der Waals surface area contributed by atoms with E-state index in [-0.39, 0.29) is 5.41 Å². The van der Waals surface area contributed by atoms with Crippen LogP contribution < -0.4 is 0 Å². The van der Waals surface area contributed by atoms with Gasteiger partial charge in [0.15, 0.2) is 6.29 Å². The van der Waals surface area contributed by atoms with Gasteiger partial charge in [-0.05, 0) is 37.5 Å². The number of hydrogen-bond acceptors (Lipinski definition) is 2. The summed E-state index contributed by atoms with van der Waals surface area (Å²) in [5.74, 6) is 0. The number of aliphatic imine (C=N–C) groups is 1. The van der Waals surface area contributed by atoms with E-state index in [1.807, 2.05) is 6.92 Å². The fraction of sp³-hybridized carbons (Fsp3) is 0.467. The topological polar surface area (TPSA) is 45.2 Å². The van der Waals surface area contributed by atoms with Crippen molar-refractivity contribution in [3.63, 3.8) is 0 Å². The van der Waals surface area contributed by atoms with Gasteiger partial charge in [0.1, 0.15) is 5.70 Å². The van der Waals surface area contributed by atoms with E-state index >= 15 is 0 Å². The van der Waals surface area contributed by atoms with Crippen LogP contribution in [0.1, 0.15) is 44.6 Å². The van der Waals surface area contributed by atoms with Crippen LogP contribution in [0.25, 0.3) is 0 Å². The summed E-state index contributed by atoms with van der Waals surface area (Å²) in [5, 5.41) is 0. The first kappa shape index (κ1) is 12.8. The third kappa shape index (κ3) is 1.74. The zero-order valence-corrected chi connectivity index (χ0v) is 11.7. The molecule has 1 aliphatic heterocycles. The average molecular weight is 244 g/mol. The van der Waals surface area contributed by atoms with Crippen molar-refractivity contribution in [1.82, 2.24) is 4.98 Å². The number of aromatic nitrogens is 1. The third-order valence-electron chi connectivity index (χ3n) is 4.02. The van der Waals surface area contributed by atoms with Gasteiger partial charge in [0, 0.05) is 11.1 Å². The highest BCUT2D eigenvalue weighted by Gasteiger charge is 2.36. The quantitative estimate of drug-likeness (QED) is 0.815. The summed E-state index contributed by atoms with van der Waals surface area (Å²) in [6, 6.07) is 2.15. The Morgan fingerprint density at radius 3 is 2.50 bits per heavy atom. The molecule has 0 atom stereocenters. The molecule has 18 heavy (non-hydrogen) atoms. The molecule has 2 rings (SSSR count). The number of nitrogens with one attached hydrogen (secondary N) is 1. The number of aldehydes is 1. The van der Waals surface area contributed by atoms with Gasteiger partial charge in [0.25, 0.3) is 0 Å². The first-order chi connectivity index (χ1) is 8.41. The number of aromatic amines is 1. The van der Waals surface area contributed by atoms with Crippen LogP contribution in [0, 0.1) is 12.3 Å². The number of hydrogen-bond donors (Lipinski definition) is 1. The second kappa shape index (κ2) is 4.23. The van der Waals surface area contributed by atoms with Crippen LogP contribution in [0.4, 0.5) is 0 Å². The van der Waals surface area contributed by atoms with Gasteiger partial charge in [-0.2, -0.15) is 0 Å². The lowest BCUT2D eigenvalue weighted by Crippen LogP contribution is -2.23. The number of carbonyl (C=O) groups is 1. The van der Waals surface area contributed by atoms with E-state index in [4.69, 9.17) is 0 Å². The van der Waals surface area contributed by atoms with E-state index in [1.165, 1.54) is 11.3 Å². The molecule has 1 aromatic rings. The number of aryl methyl sites for hydroxylation is 2. The molecule has 0 unspecified atom stereocenters. The zero-order chi connectivity index (χ0) is 13.5. The summed E-state index contributed by atoms with van der Waals surface area (Å²) < 4.78 is 0. The molecule has 0 amide bonds. The summed E-state index contributed by atoms with van der Waals surface area (Å²) in [5.41, 5.74) is 5.91. The molecule has 1 N–H and O–H groups in total. The van der Waals surface area contributed by atoms with Crippen molar-refractivity contribution in [3.8, 4) is 0 Å². The number of H-pyrrole nitrogens is 1. The van der Waals surface area contributed by atoms with Crippen LogP contribution in [0.2, 0.25) is 0 Å². The maximum Gasteiger partial charge on any atom is 0.168 e. The second-order valence-corrected chi connectivity index (χ2v) is 5.40. The summed E-state index contributed by atoms with van der Waals surface area (Å²) in [6.45, 7) is 10.4. The summed E-state index contributed by atoms with van der Waals surface area (Å²) in [4.78, 5) is 18.9. The van der Waals surface area contributed by atoms with Crippen LogP contribution in [0.15, 0.2) is 22.3 Å². The van der Waals surface area contributed by atoms with Crippen molar-refractivity contribution in [3.05, 3.63) is 34.3 Å². The molecule has 1 aromatic heterocycles. The van der Waals surface area contributed by atoms with Crippen LogP contribution in [-0.2, 0) is 11.2 Å². The largest absolute Gasteiger partial charge is 0.357 e. The molecule has 0 aliphatic carbocycles. The second-order valence-electron chi connectivity index (χ2n) is 5.40. The number of nitrogens with zero attached hydrogens (tertiary/aromatic N) is 1. The van der Waals surface area contributed by atoms with Crippen molar-refractivity contribution in [2.45, 2.75) is 41.0 Å². The Hall–Kier alpha value is -1.64. The van der Waals surface area contributed by atoms with Gasteiger partial charge in [-0.1, -0.05) is 20.8 Å². The molecule has 0 saturated carbocycles. The summed E-state index contributed by atoms with van der Waals surface area (Å²) >= 11 is 0. The van der Waals surface area contributed by atoms with E-state index in [2.05, 4.69) is 43.7 Å². The van der Waals surface area contributed by atoms with Gasteiger partial charge in [-0.15, -0.1) is 0 Å². The zero-order valence-electron chi connectivity index (χ0n) is 11.7. The molecular formula is C15H20N2O. The van der Waals surface area contributed by atoms with Gasteiger partial charge < -0.3 is 4.98 Å². The van der Waals surface area contributed by atoms with Crippen molar-refractivity contribution >= 4 is 12.0 Å². The molecule has 96 valence electrons. The lowest BCUT2D eigenvalue weighted by molar-refractivity contribution is -0.105. The smallest absolute Gasteiger partial charge is 0.168 e. The predicted octanol–water partition coefficient (Wildman–Crippen LogP) is 3.19. The Kier molecular flexibility index (Phi) is 3.01. The predicted molar refractivity (Wildman–Crippen MR) is 74.0 cm³/mol. The maximum atomic E-state index is 11.0. The summed E-state index contributed by atoms with van der Waals surface area (Å²) in [6.07, 6.45) is 1.85. The van der Waals surface area contributed by atoms with Gasteiger partial charge in [0.2, 0.25) is 0 Å². The van der Waals surface area contributed by atoms with Crippen molar-refractivity contribution < 1.29 is 4.79 Å². The Labute approximate surface area is 108 Å². The van der Waals surface area contributed by atoms with Crippen molar-refractivity contribution in [1.29, 1.82) is 0 Å². The van der Waals surface area contributed by atoms with E-state index in [0.717, 1.165) is 29.7 Å². The van der Waals surface area contributed by atoms with Gasteiger partial charge in [-0.3, -0.25) is 4.79 Å². The minimum Gasteiger partial charge on any atom is -0.357 e. The monoisotopic (exact) mass is 244 g/mol. The lowest BCUT2D eigenvalue weighted by Gasteiger charge is -2.22. The molecule has 1 aliphatic rings. The average Bonchev–Trinajstić information content (AvgIpc) is 2.79. The highest BCUT2D eigenvalue weighted by molar-refractivity contribution is 6.09. The molecule has 0 saturated heterocycles. The van der Waals surface area contributed by atoms with Crippen molar-refractivity contribution in [2.75, 3.05) is 0 Å². The highest BCUT2D eigenvalue weighted by atomic mass is 16.1. The minimum atomic E-state index is -0.182. The molecule has 0 spiro atoms. The molecule has 2 heterocycles. The molecule has 3 nitrogen and oxygen atoms in total. The SMILES string of the molecule is CCc1cc(C2=NC(C=O)=C(C)C2(C)C)[nH]c1C. The molecule has 0 bridgehead atoms. The Balaban J connectivity index is 2.50. The lowest BCUT2D eigenvalue weighted by atomic mass is 9.80. The minimum absolute atomic E-state index is 0.182. The fourth-order valence-corrected chi connectivity index (χ4v) is 2.45. The Bertz CT molecular complexity index is 559. The first-order valence-corrected chi connectivity index (χ1v) is 6.36. The molecule has 0 fully saturated rings. The standard InChI is InChI=1S/C15H20N2O/c1-6-11-7-12(16-10(11)3)14-15(4,5)9(2)13(8-18)17-14/h7-8,16H,6H2,1-5H3. The fourth-order valence-electron chi connectivity index (χ4n) is 2.45.